The van der Waals surface area contributed by atoms with E-state index >= 15 is 0 Å². The van der Waals surface area contributed by atoms with Crippen molar-refractivity contribution in [1.29, 1.82) is 0 Å². The predicted molar refractivity (Wildman–Crippen MR) is 59.0 cm³/mol. The highest BCUT2D eigenvalue weighted by molar-refractivity contribution is 7.71. The van der Waals surface area contributed by atoms with E-state index in [9.17, 15) is 0 Å². The average molecular weight is 226 g/mol. The van der Waals surface area contributed by atoms with Crippen LogP contribution in [0.1, 0.15) is 10.6 Å². The molecule has 0 aromatic carbocycles. The Balaban J connectivity index is 2.32. The van der Waals surface area contributed by atoms with Crippen LogP contribution < -0.4 is 0 Å². The first-order chi connectivity index (χ1) is 6.81. The highest BCUT2D eigenvalue weighted by Crippen LogP contribution is 2.12. The Morgan fingerprint density at radius 1 is 1.57 bits per heavy atom. The van der Waals surface area contributed by atoms with Crippen molar-refractivity contribution in [3.05, 3.63) is 39.1 Å². The van der Waals surface area contributed by atoms with Crippen LogP contribution in [-0.4, -0.2) is 14.7 Å². The zero-order valence-electron chi connectivity index (χ0n) is 7.43. The fraction of sp³-hybridized carbons (Fsp3) is 0.222. The van der Waals surface area contributed by atoms with Crippen molar-refractivity contribution in [1.82, 2.24) is 9.55 Å². The van der Waals surface area contributed by atoms with E-state index in [-0.39, 0.29) is 6.61 Å². The van der Waals surface area contributed by atoms with E-state index in [1.807, 2.05) is 16.0 Å². The minimum Gasteiger partial charge on any atom is -0.390 e. The Kier molecular flexibility index (Phi) is 2.81. The molecule has 0 saturated heterocycles. The van der Waals surface area contributed by atoms with Gasteiger partial charge < -0.3 is 14.7 Å². The van der Waals surface area contributed by atoms with Gasteiger partial charge in [-0.15, -0.1) is 11.3 Å². The van der Waals surface area contributed by atoms with Gasteiger partial charge >= 0.3 is 0 Å². The van der Waals surface area contributed by atoms with Crippen LogP contribution in [0.2, 0.25) is 0 Å². The largest absolute Gasteiger partial charge is 0.390 e. The summed E-state index contributed by atoms with van der Waals surface area (Å²) in [6.07, 6.45) is 1.75. The second-order valence-corrected chi connectivity index (χ2v) is 4.33. The molecule has 2 aromatic heterocycles. The first-order valence-electron chi connectivity index (χ1n) is 4.21. The molecule has 0 saturated carbocycles. The first-order valence-corrected chi connectivity index (χ1v) is 5.50. The van der Waals surface area contributed by atoms with Gasteiger partial charge in [0, 0.05) is 11.1 Å². The van der Waals surface area contributed by atoms with Crippen molar-refractivity contribution in [2.45, 2.75) is 13.2 Å². The number of H-pyrrole nitrogens is 1. The molecule has 3 nitrogen and oxygen atoms in total. The lowest BCUT2D eigenvalue weighted by atomic mass is 10.4. The number of hydrogen-bond acceptors (Lipinski definition) is 3. The van der Waals surface area contributed by atoms with Crippen LogP contribution in [0.5, 0.6) is 0 Å². The number of aliphatic hydroxyl groups is 1. The summed E-state index contributed by atoms with van der Waals surface area (Å²) >= 11 is 6.80. The average Bonchev–Trinajstić information content (AvgIpc) is 2.79. The van der Waals surface area contributed by atoms with E-state index < -0.39 is 0 Å². The number of aromatic nitrogens is 2. The molecule has 0 unspecified atom stereocenters. The summed E-state index contributed by atoms with van der Waals surface area (Å²) in [5.41, 5.74) is 0.823. The summed E-state index contributed by atoms with van der Waals surface area (Å²) in [4.78, 5) is 4.15. The summed E-state index contributed by atoms with van der Waals surface area (Å²) in [5.74, 6) is 0. The lowest BCUT2D eigenvalue weighted by Crippen LogP contribution is -2.02. The van der Waals surface area contributed by atoms with Gasteiger partial charge in [-0.25, -0.2) is 0 Å². The molecule has 0 radical (unpaired) electrons. The molecule has 2 N–H and O–H groups in total. The normalized spacial score (nSPS) is 10.6. The molecule has 0 amide bonds. The molecule has 74 valence electrons. The SMILES string of the molecule is OCc1c[nH]c(=S)n1Cc1cccs1. The number of aliphatic hydroxyl groups excluding tert-OH is 1. The third kappa shape index (κ3) is 1.79. The lowest BCUT2D eigenvalue weighted by Gasteiger charge is -2.03. The minimum atomic E-state index is 0.0124. The molecule has 2 aromatic rings. The summed E-state index contributed by atoms with van der Waals surface area (Å²) < 4.78 is 2.56. The Labute approximate surface area is 90.7 Å². The number of thiophene rings is 1. The fourth-order valence-corrected chi connectivity index (χ4v) is 2.23. The quantitative estimate of drug-likeness (QED) is 0.787. The predicted octanol–water partition coefficient (Wildman–Crippen LogP) is 2.15. The molecule has 0 aliphatic rings. The zero-order chi connectivity index (χ0) is 9.97. The molecule has 0 bridgehead atoms. The van der Waals surface area contributed by atoms with Crippen molar-refractivity contribution >= 4 is 23.6 Å². The smallest absolute Gasteiger partial charge is 0.177 e. The van der Waals surface area contributed by atoms with E-state index in [1.54, 1.807) is 17.5 Å². The van der Waals surface area contributed by atoms with Gasteiger partial charge in [-0.3, -0.25) is 0 Å². The molecule has 5 heteroatoms. The van der Waals surface area contributed by atoms with Gasteiger partial charge in [0.1, 0.15) is 0 Å². The topological polar surface area (TPSA) is 40.9 Å². The maximum absolute atomic E-state index is 9.08. The molecule has 0 aliphatic heterocycles. The number of rotatable bonds is 3. The van der Waals surface area contributed by atoms with Gasteiger partial charge in [0.15, 0.2) is 4.77 Å². The Morgan fingerprint density at radius 3 is 3.07 bits per heavy atom. The van der Waals surface area contributed by atoms with Gasteiger partial charge in [0.2, 0.25) is 0 Å². The summed E-state index contributed by atoms with van der Waals surface area (Å²) in [6.45, 7) is 0.744. The zero-order valence-corrected chi connectivity index (χ0v) is 9.07. The maximum Gasteiger partial charge on any atom is 0.177 e. The van der Waals surface area contributed by atoms with Gasteiger partial charge in [0.25, 0.3) is 0 Å². The minimum absolute atomic E-state index is 0.0124. The summed E-state index contributed by atoms with van der Waals surface area (Å²) in [5, 5.41) is 11.1. The van der Waals surface area contributed by atoms with Crippen LogP contribution in [0.15, 0.2) is 23.7 Å². The van der Waals surface area contributed by atoms with Crippen LogP contribution in [0.4, 0.5) is 0 Å². The van der Waals surface area contributed by atoms with Crippen LogP contribution in [0, 0.1) is 4.77 Å². The Morgan fingerprint density at radius 2 is 2.43 bits per heavy atom. The molecule has 0 atom stereocenters. The maximum atomic E-state index is 9.08. The Bertz CT molecular complexity index is 455. The van der Waals surface area contributed by atoms with E-state index in [1.165, 1.54) is 4.88 Å². The Hall–Kier alpha value is -0.910. The highest BCUT2D eigenvalue weighted by Gasteiger charge is 2.03. The molecule has 0 fully saturated rings. The van der Waals surface area contributed by atoms with Gasteiger partial charge in [-0.2, -0.15) is 0 Å². The van der Waals surface area contributed by atoms with E-state index in [0.717, 1.165) is 12.2 Å². The first kappa shape index (κ1) is 9.64. The molecule has 0 aliphatic carbocycles. The van der Waals surface area contributed by atoms with Crippen molar-refractivity contribution < 1.29 is 5.11 Å². The van der Waals surface area contributed by atoms with Crippen LogP contribution in [0.3, 0.4) is 0 Å². The van der Waals surface area contributed by atoms with Crippen LogP contribution in [-0.2, 0) is 13.2 Å². The fourth-order valence-electron chi connectivity index (χ4n) is 1.29. The molecular weight excluding hydrogens is 216 g/mol. The van der Waals surface area contributed by atoms with Crippen molar-refractivity contribution in [3.8, 4) is 0 Å². The molecule has 14 heavy (non-hydrogen) atoms. The van der Waals surface area contributed by atoms with E-state index in [0.29, 0.717) is 4.77 Å². The van der Waals surface area contributed by atoms with Crippen LogP contribution >= 0.6 is 23.6 Å². The monoisotopic (exact) mass is 226 g/mol. The second-order valence-electron chi connectivity index (χ2n) is 2.91. The number of imidazole rings is 1. The van der Waals surface area contributed by atoms with Crippen LogP contribution in [0.25, 0.3) is 0 Å². The number of nitrogens with zero attached hydrogens (tertiary/aromatic N) is 1. The van der Waals surface area contributed by atoms with Gasteiger partial charge in [-0.1, -0.05) is 6.07 Å². The van der Waals surface area contributed by atoms with E-state index in [4.69, 9.17) is 17.3 Å². The molecule has 2 rings (SSSR count). The van der Waals surface area contributed by atoms with Crippen molar-refractivity contribution in [2.75, 3.05) is 0 Å². The third-order valence-corrected chi connectivity index (χ3v) is 3.21. The van der Waals surface area contributed by atoms with Gasteiger partial charge in [-0.05, 0) is 23.7 Å². The lowest BCUT2D eigenvalue weighted by molar-refractivity contribution is 0.271. The molecule has 2 heterocycles. The highest BCUT2D eigenvalue weighted by atomic mass is 32.1. The van der Waals surface area contributed by atoms with Crippen molar-refractivity contribution in [2.24, 2.45) is 0 Å². The molecule has 0 spiro atoms. The van der Waals surface area contributed by atoms with E-state index in [2.05, 4.69) is 11.1 Å². The van der Waals surface area contributed by atoms with Gasteiger partial charge in [0.05, 0.1) is 18.8 Å². The standard InChI is InChI=1S/C9H10N2OS2/c12-6-7-4-10-9(13)11(7)5-8-2-1-3-14-8/h1-4,12H,5-6H2,(H,10,13). The molecular formula is C9H10N2OS2. The summed E-state index contributed by atoms with van der Waals surface area (Å²) in [7, 11) is 0. The van der Waals surface area contributed by atoms with Crippen molar-refractivity contribution in [3.63, 3.8) is 0 Å². The third-order valence-electron chi connectivity index (χ3n) is 2.01. The summed E-state index contributed by atoms with van der Waals surface area (Å²) in [6, 6.07) is 4.06. The number of aromatic amines is 1. The number of hydrogen-bond donors (Lipinski definition) is 2. The second kappa shape index (κ2) is 4.08. The number of nitrogens with one attached hydrogen (secondary N) is 1.